The maximum absolute atomic E-state index is 10.8. The highest BCUT2D eigenvalue weighted by Crippen LogP contribution is 2.25. The van der Waals surface area contributed by atoms with E-state index in [9.17, 15) is 10.1 Å². The number of anilines is 1. The van der Waals surface area contributed by atoms with Crippen molar-refractivity contribution < 1.29 is 4.92 Å². The average molecular weight is 341 g/mol. The normalized spacial score (nSPS) is 17.3. The summed E-state index contributed by atoms with van der Waals surface area (Å²) in [6.45, 7) is 7.09. The number of hydrogen-bond acceptors (Lipinski definition) is 6. The third kappa shape index (κ3) is 3.76. The summed E-state index contributed by atoms with van der Waals surface area (Å²) in [5.74, 6) is 1.53. The van der Waals surface area contributed by atoms with E-state index < -0.39 is 4.92 Å². The number of non-ortho nitro benzene ring substituents is 1. The Balaban J connectivity index is 1.85. The van der Waals surface area contributed by atoms with Crippen molar-refractivity contribution in [3.63, 3.8) is 0 Å². The van der Waals surface area contributed by atoms with E-state index >= 15 is 0 Å². The zero-order valence-corrected chi connectivity index (χ0v) is 14.8. The van der Waals surface area contributed by atoms with E-state index in [0.717, 1.165) is 43.1 Å². The van der Waals surface area contributed by atoms with Crippen LogP contribution < -0.4 is 4.90 Å². The van der Waals surface area contributed by atoms with Gasteiger partial charge in [0.2, 0.25) is 0 Å². The molecule has 0 N–H and O–H groups in total. The molecular weight excluding hydrogens is 318 g/mol. The van der Waals surface area contributed by atoms with Crippen LogP contribution in [0.2, 0.25) is 0 Å². The van der Waals surface area contributed by atoms with Gasteiger partial charge in [-0.05, 0) is 39.1 Å². The summed E-state index contributed by atoms with van der Waals surface area (Å²) in [5.41, 5.74) is 1.75. The molecule has 7 heteroatoms. The molecule has 132 valence electrons. The first kappa shape index (κ1) is 17.3. The number of likely N-dealkylation sites (N-methyl/N-ethyl adjacent to an activating group) is 1. The van der Waals surface area contributed by atoms with E-state index in [4.69, 9.17) is 4.98 Å². The lowest BCUT2D eigenvalue weighted by Gasteiger charge is -2.23. The van der Waals surface area contributed by atoms with Gasteiger partial charge >= 0.3 is 0 Å². The van der Waals surface area contributed by atoms with Gasteiger partial charge in [-0.25, -0.2) is 9.97 Å². The maximum Gasteiger partial charge on any atom is 0.269 e. The molecule has 0 amide bonds. The summed E-state index contributed by atoms with van der Waals surface area (Å²) in [7, 11) is 2.15. The second-order valence-electron chi connectivity index (χ2n) is 6.46. The zero-order valence-electron chi connectivity index (χ0n) is 14.8. The number of hydrogen-bond donors (Lipinski definition) is 0. The Kier molecular flexibility index (Phi) is 4.94. The lowest BCUT2D eigenvalue weighted by atomic mass is 10.2. The van der Waals surface area contributed by atoms with E-state index in [2.05, 4.69) is 28.8 Å². The molecule has 1 aromatic carbocycles. The van der Waals surface area contributed by atoms with Crippen molar-refractivity contribution in [2.45, 2.75) is 26.3 Å². The predicted octanol–water partition coefficient (Wildman–Crippen LogP) is 2.89. The third-order valence-corrected chi connectivity index (χ3v) is 4.79. The molecule has 1 aliphatic rings. The molecule has 0 aliphatic carbocycles. The molecule has 1 saturated heterocycles. The molecule has 2 aromatic rings. The third-order valence-electron chi connectivity index (χ3n) is 4.79. The van der Waals surface area contributed by atoms with E-state index in [-0.39, 0.29) is 5.69 Å². The Morgan fingerprint density at radius 1 is 1.32 bits per heavy atom. The molecule has 1 fully saturated rings. The molecule has 1 atom stereocenters. The van der Waals surface area contributed by atoms with Crippen molar-refractivity contribution in [2.24, 2.45) is 0 Å². The molecular formula is C18H23N5O2. The molecule has 1 aliphatic heterocycles. The van der Waals surface area contributed by atoms with Crippen LogP contribution >= 0.6 is 0 Å². The highest BCUT2D eigenvalue weighted by atomic mass is 16.6. The smallest absolute Gasteiger partial charge is 0.269 e. The van der Waals surface area contributed by atoms with E-state index in [1.165, 1.54) is 12.1 Å². The molecule has 0 bridgehead atoms. The number of benzene rings is 1. The van der Waals surface area contributed by atoms with E-state index in [1.54, 1.807) is 12.1 Å². The Bertz CT molecular complexity index is 763. The fraction of sp³-hybridized carbons (Fsp3) is 0.444. The van der Waals surface area contributed by atoms with Gasteiger partial charge in [0.15, 0.2) is 5.82 Å². The minimum atomic E-state index is -0.402. The van der Waals surface area contributed by atoms with Crippen LogP contribution in [-0.2, 0) is 0 Å². The quantitative estimate of drug-likeness (QED) is 0.615. The minimum Gasteiger partial charge on any atom is -0.355 e. The minimum absolute atomic E-state index is 0.0709. The highest BCUT2D eigenvalue weighted by molar-refractivity contribution is 5.60. The molecule has 0 radical (unpaired) electrons. The second kappa shape index (κ2) is 7.14. The molecule has 0 spiro atoms. The Hall–Kier alpha value is -2.54. The topological polar surface area (TPSA) is 75.4 Å². The second-order valence-corrected chi connectivity index (χ2v) is 6.46. The van der Waals surface area contributed by atoms with Crippen LogP contribution in [-0.4, -0.2) is 52.5 Å². The average Bonchev–Trinajstić information content (AvgIpc) is 3.11. The number of aryl methyl sites for hydroxylation is 1. The van der Waals surface area contributed by atoms with Crippen molar-refractivity contribution in [3.8, 4) is 11.4 Å². The van der Waals surface area contributed by atoms with Gasteiger partial charge in [0.25, 0.3) is 5.69 Å². The Morgan fingerprint density at radius 3 is 2.68 bits per heavy atom. The van der Waals surface area contributed by atoms with Gasteiger partial charge in [-0.3, -0.25) is 10.1 Å². The molecule has 25 heavy (non-hydrogen) atoms. The van der Waals surface area contributed by atoms with E-state index in [0.29, 0.717) is 11.9 Å². The Labute approximate surface area is 147 Å². The predicted molar refractivity (Wildman–Crippen MR) is 97.8 cm³/mol. The summed E-state index contributed by atoms with van der Waals surface area (Å²) < 4.78 is 0. The summed E-state index contributed by atoms with van der Waals surface area (Å²) in [6, 6.07) is 8.93. The van der Waals surface area contributed by atoms with Gasteiger partial charge in [0.1, 0.15) is 5.82 Å². The number of nitro benzene ring substituents is 1. The summed E-state index contributed by atoms with van der Waals surface area (Å²) >= 11 is 0. The van der Waals surface area contributed by atoms with Crippen LogP contribution in [0.15, 0.2) is 30.3 Å². The molecule has 1 aromatic heterocycles. The van der Waals surface area contributed by atoms with Gasteiger partial charge in [-0.1, -0.05) is 6.92 Å². The summed E-state index contributed by atoms with van der Waals surface area (Å²) in [5, 5.41) is 10.8. The Morgan fingerprint density at radius 2 is 2.04 bits per heavy atom. The molecule has 7 nitrogen and oxygen atoms in total. The van der Waals surface area contributed by atoms with Crippen molar-refractivity contribution in [1.82, 2.24) is 14.9 Å². The lowest BCUT2D eigenvalue weighted by molar-refractivity contribution is -0.384. The first-order valence-corrected chi connectivity index (χ1v) is 8.53. The van der Waals surface area contributed by atoms with Crippen molar-refractivity contribution in [3.05, 3.63) is 46.1 Å². The monoisotopic (exact) mass is 341 g/mol. The van der Waals surface area contributed by atoms with Crippen LogP contribution in [0.5, 0.6) is 0 Å². The van der Waals surface area contributed by atoms with Crippen LogP contribution in [0.25, 0.3) is 11.4 Å². The molecule has 3 rings (SSSR count). The van der Waals surface area contributed by atoms with Crippen LogP contribution in [0.1, 0.15) is 19.0 Å². The van der Waals surface area contributed by atoms with Crippen molar-refractivity contribution in [2.75, 3.05) is 31.6 Å². The number of rotatable bonds is 5. The van der Waals surface area contributed by atoms with Gasteiger partial charge in [-0.15, -0.1) is 0 Å². The van der Waals surface area contributed by atoms with Gasteiger partial charge in [0.05, 0.1) is 4.92 Å². The van der Waals surface area contributed by atoms with Gasteiger partial charge in [-0.2, -0.15) is 0 Å². The number of aromatic nitrogens is 2. The van der Waals surface area contributed by atoms with Crippen LogP contribution in [0.4, 0.5) is 11.5 Å². The first-order valence-electron chi connectivity index (χ1n) is 8.53. The SMILES string of the molecule is CCN(C)C1CCN(c2cc(C)nc(-c3ccc([N+](=O)[O-])cc3)n2)C1. The first-order chi connectivity index (χ1) is 12.0. The zero-order chi connectivity index (χ0) is 18.0. The molecule has 0 saturated carbocycles. The summed E-state index contributed by atoms with van der Waals surface area (Å²) in [4.78, 5) is 24.3. The number of nitrogens with zero attached hydrogens (tertiary/aromatic N) is 5. The largest absolute Gasteiger partial charge is 0.355 e. The van der Waals surface area contributed by atoms with Crippen molar-refractivity contribution >= 4 is 11.5 Å². The maximum atomic E-state index is 10.8. The lowest BCUT2D eigenvalue weighted by Crippen LogP contribution is -2.34. The standard InChI is InChI=1S/C18H23N5O2/c1-4-21(3)16-9-10-22(12-16)17-11-13(2)19-18(20-17)14-5-7-15(8-6-14)23(24)25/h5-8,11,16H,4,9-10,12H2,1-3H3. The van der Waals surface area contributed by atoms with Gasteiger partial charge in [0, 0.05) is 48.6 Å². The van der Waals surface area contributed by atoms with Gasteiger partial charge < -0.3 is 9.80 Å². The molecule has 2 heterocycles. The van der Waals surface area contributed by atoms with E-state index in [1.807, 2.05) is 13.0 Å². The van der Waals surface area contributed by atoms with Crippen LogP contribution in [0.3, 0.4) is 0 Å². The fourth-order valence-corrected chi connectivity index (χ4v) is 3.14. The number of nitro groups is 1. The summed E-state index contributed by atoms with van der Waals surface area (Å²) in [6.07, 6.45) is 1.13. The highest BCUT2D eigenvalue weighted by Gasteiger charge is 2.26. The van der Waals surface area contributed by atoms with Crippen LogP contribution in [0, 0.1) is 17.0 Å². The fourth-order valence-electron chi connectivity index (χ4n) is 3.14. The molecule has 1 unspecified atom stereocenters. The van der Waals surface area contributed by atoms with Crippen molar-refractivity contribution in [1.29, 1.82) is 0 Å².